The van der Waals surface area contributed by atoms with E-state index < -0.39 is 17.7 Å². The zero-order valence-electron chi connectivity index (χ0n) is 24.4. The van der Waals surface area contributed by atoms with Crippen molar-refractivity contribution in [3.8, 4) is 23.0 Å². The quantitative estimate of drug-likeness (QED) is 0.0797. The van der Waals surface area contributed by atoms with Crippen LogP contribution in [-0.4, -0.2) is 54.4 Å². The Labute approximate surface area is 262 Å². The molecule has 44 heavy (non-hydrogen) atoms. The Morgan fingerprint density at radius 3 is 2.43 bits per heavy atom. The van der Waals surface area contributed by atoms with E-state index in [2.05, 4.69) is 10.2 Å². The molecule has 0 spiro atoms. The highest BCUT2D eigenvalue weighted by molar-refractivity contribution is 8.00. The molecule has 6 rings (SSSR count). The summed E-state index contributed by atoms with van der Waals surface area (Å²) in [6.07, 6.45) is 0.661. The molecule has 0 aliphatic carbocycles. The third-order valence-corrected chi connectivity index (χ3v) is 9.55. The van der Waals surface area contributed by atoms with Gasteiger partial charge >= 0.3 is 5.91 Å². The number of hydrogen-bond donors (Lipinski definition) is 1. The summed E-state index contributed by atoms with van der Waals surface area (Å²) in [5.41, 5.74) is 2.77. The second kappa shape index (κ2) is 12.2. The van der Waals surface area contributed by atoms with Gasteiger partial charge in [0.1, 0.15) is 17.6 Å². The van der Waals surface area contributed by atoms with Crippen LogP contribution >= 0.6 is 23.1 Å². The molecule has 3 heterocycles. The second-order valence-corrected chi connectivity index (χ2v) is 12.4. The molecule has 0 radical (unpaired) electrons. The van der Waals surface area contributed by atoms with Crippen molar-refractivity contribution in [3.05, 3.63) is 88.5 Å². The Bertz CT molecular complexity index is 1750. The SMILES string of the molecule is COc1cc(C2/C(=C(\O)c3ccc4c(c3)CC(C)O4)C(=O)C(=O)N2c2nnc(SCc3ccccc3)s2)cc(OC)c1OC. The van der Waals surface area contributed by atoms with Gasteiger partial charge in [-0.05, 0) is 53.9 Å². The lowest BCUT2D eigenvalue weighted by atomic mass is 9.94. The summed E-state index contributed by atoms with van der Waals surface area (Å²) in [5, 5.41) is 20.5. The molecule has 12 heteroatoms. The van der Waals surface area contributed by atoms with Gasteiger partial charge in [0.05, 0.1) is 32.9 Å². The lowest BCUT2D eigenvalue weighted by Crippen LogP contribution is -2.29. The van der Waals surface area contributed by atoms with Gasteiger partial charge in [0.15, 0.2) is 15.8 Å². The smallest absolute Gasteiger partial charge is 0.301 e. The molecule has 2 aliphatic rings. The first-order valence-electron chi connectivity index (χ1n) is 13.7. The van der Waals surface area contributed by atoms with Gasteiger partial charge in [-0.25, -0.2) is 0 Å². The fourth-order valence-corrected chi connectivity index (χ4v) is 7.23. The highest BCUT2D eigenvalue weighted by Crippen LogP contribution is 2.48. The summed E-state index contributed by atoms with van der Waals surface area (Å²) in [4.78, 5) is 28.8. The minimum atomic E-state index is -1.06. The van der Waals surface area contributed by atoms with Crippen LogP contribution in [0.4, 0.5) is 5.13 Å². The summed E-state index contributed by atoms with van der Waals surface area (Å²) in [5.74, 6) is 0.393. The van der Waals surface area contributed by atoms with Crippen molar-refractivity contribution in [2.24, 2.45) is 0 Å². The first-order chi connectivity index (χ1) is 21.3. The first kappa shape index (κ1) is 29.5. The minimum absolute atomic E-state index is 0.00133. The fraction of sp³-hybridized carbons (Fsp3) is 0.250. The maximum absolute atomic E-state index is 13.8. The van der Waals surface area contributed by atoms with Gasteiger partial charge in [0.2, 0.25) is 10.9 Å². The highest BCUT2D eigenvalue weighted by atomic mass is 32.2. The topological polar surface area (TPSA) is 120 Å². The molecule has 2 atom stereocenters. The molecule has 0 bridgehead atoms. The van der Waals surface area contributed by atoms with Gasteiger partial charge in [-0.15, -0.1) is 10.2 Å². The summed E-state index contributed by atoms with van der Waals surface area (Å²) < 4.78 is 23.1. The average molecular weight is 632 g/mol. The van der Waals surface area contributed by atoms with E-state index in [-0.39, 0.29) is 22.6 Å². The number of thioether (sulfide) groups is 1. The third-order valence-electron chi connectivity index (χ3n) is 7.42. The maximum atomic E-state index is 13.8. The van der Waals surface area contributed by atoms with Crippen LogP contribution in [0.5, 0.6) is 23.0 Å². The van der Waals surface area contributed by atoms with Crippen LogP contribution in [0.2, 0.25) is 0 Å². The van der Waals surface area contributed by atoms with Crippen LogP contribution in [0.3, 0.4) is 0 Å². The number of fused-ring (bicyclic) bond motifs is 1. The zero-order chi connectivity index (χ0) is 31.0. The Morgan fingerprint density at radius 1 is 1.02 bits per heavy atom. The normalized spacial score (nSPS) is 18.7. The van der Waals surface area contributed by atoms with Crippen LogP contribution in [-0.2, 0) is 21.8 Å². The number of anilines is 1. The Balaban J connectivity index is 1.47. The standard InChI is InChI=1S/C32H29N3O7S2/c1-17-12-20-13-19(10-11-22(20)42-17)27(36)25-26(21-14-23(39-2)29(41-4)24(15-21)40-3)35(30(38)28(25)37)31-33-34-32(44-31)43-16-18-8-6-5-7-9-18/h5-11,13-15,17,26,36H,12,16H2,1-4H3/b27-25+. The van der Waals surface area contributed by atoms with E-state index in [1.165, 1.54) is 49.3 Å². The number of nitrogens with zero attached hydrogens (tertiary/aromatic N) is 3. The van der Waals surface area contributed by atoms with Crippen LogP contribution < -0.4 is 23.8 Å². The third kappa shape index (κ3) is 5.35. The molecule has 1 fully saturated rings. The lowest BCUT2D eigenvalue weighted by Gasteiger charge is -2.24. The number of carbonyl (C=O) groups is 2. The largest absolute Gasteiger partial charge is 0.507 e. The zero-order valence-corrected chi connectivity index (χ0v) is 26.0. The Morgan fingerprint density at radius 2 is 1.75 bits per heavy atom. The predicted molar refractivity (Wildman–Crippen MR) is 167 cm³/mol. The van der Waals surface area contributed by atoms with Crippen molar-refractivity contribution < 1.29 is 33.6 Å². The molecule has 1 amide bonds. The van der Waals surface area contributed by atoms with Crippen LogP contribution in [0.25, 0.3) is 5.76 Å². The Hall–Kier alpha value is -4.55. The van der Waals surface area contributed by atoms with Crippen molar-refractivity contribution in [3.63, 3.8) is 0 Å². The number of benzene rings is 3. The molecule has 1 aromatic heterocycles. The van der Waals surface area contributed by atoms with Gasteiger partial charge < -0.3 is 24.1 Å². The van der Waals surface area contributed by atoms with Crippen molar-refractivity contribution in [1.82, 2.24) is 10.2 Å². The summed E-state index contributed by atoms with van der Waals surface area (Å²) >= 11 is 2.67. The molecule has 226 valence electrons. The number of ether oxygens (including phenoxy) is 4. The van der Waals surface area contributed by atoms with Crippen LogP contribution in [0.1, 0.15) is 35.2 Å². The van der Waals surface area contributed by atoms with E-state index in [4.69, 9.17) is 18.9 Å². The summed E-state index contributed by atoms with van der Waals surface area (Å²) in [7, 11) is 4.44. The van der Waals surface area contributed by atoms with Crippen LogP contribution in [0.15, 0.2) is 70.6 Å². The highest BCUT2D eigenvalue weighted by Gasteiger charge is 2.49. The molecule has 4 aromatic rings. The number of aromatic nitrogens is 2. The molecular formula is C32H29N3O7S2. The number of Topliss-reactive ketones (excluding diaryl/α,β-unsaturated/α-hetero) is 1. The molecular weight excluding hydrogens is 603 g/mol. The second-order valence-electron chi connectivity index (χ2n) is 10.2. The number of aliphatic hydroxyl groups is 1. The van der Waals surface area contributed by atoms with E-state index in [1.54, 1.807) is 30.3 Å². The summed E-state index contributed by atoms with van der Waals surface area (Å²) in [6.45, 7) is 1.96. The minimum Gasteiger partial charge on any atom is -0.507 e. The molecule has 0 saturated carbocycles. The van der Waals surface area contributed by atoms with Crippen LogP contribution in [0, 0.1) is 0 Å². The van der Waals surface area contributed by atoms with Gasteiger partial charge in [0.25, 0.3) is 5.78 Å². The average Bonchev–Trinajstić information content (AvgIpc) is 3.74. The number of ketones is 1. The fourth-order valence-electron chi connectivity index (χ4n) is 5.41. The van der Waals surface area contributed by atoms with Crippen molar-refractivity contribution in [2.75, 3.05) is 26.2 Å². The molecule has 10 nitrogen and oxygen atoms in total. The van der Waals surface area contributed by atoms with Gasteiger partial charge in [0, 0.05) is 17.7 Å². The van der Waals surface area contributed by atoms with E-state index in [1.807, 2.05) is 37.3 Å². The number of aliphatic hydroxyl groups excluding tert-OH is 1. The monoisotopic (exact) mass is 631 g/mol. The van der Waals surface area contributed by atoms with E-state index in [0.717, 1.165) is 16.9 Å². The summed E-state index contributed by atoms with van der Waals surface area (Å²) in [6, 6.07) is 17.4. The van der Waals surface area contributed by atoms with E-state index in [9.17, 15) is 14.7 Å². The van der Waals surface area contributed by atoms with Gasteiger partial charge in [-0.2, -0.15) is 0 Å². The number of rotatable bonds is 9. The predicted octanol–water partition coefficient (Wildman–Crippen LogP) is 5.81. The van der Waals surface area contributed by atoms with Crippen molar-refractivity contribution in [1.29, 1.82) is 0 Å². The molecule has 1 saturated heterocycles. The molecule has 1 N–H and O–H groups in total. The molecule has 2 aliphatic heterocycles. The molecule has 2 unspecified atom stereocenters. The van der Waals surface area contributed by atoms with Crippen molar-refractivity contribution >= 4 is 45.7 Å². The van der Waals surface area contributed by atoms with E-state index in [0.29, 0.717) is 44.9 Å². The van der Waals surface area contributed by atoms with E-state index >= 15 is 0 Å². The number of methoxy groups -OCH3 is 3. The number of amides is 1. The number of hydrogen-bond acceptors (Lipinski definition) is 11. The van der Waals surface area contributed by atoms with Gasteiger partial charge in [-0.3, -0.25) is 14.5 Å². The number of carbonyl (C=O) groups excluding carboxylic acids is 2. The van der Waals surface area contributed by atoms with Crippen molar-refractivity contribution in [2.45, 2.75) is 35.6 Å². The molecule has 3 aromatic carbocycles. The maximum Gasteiger partial charge on any atom is 0.301 e. The first-order valence-corrected chi connectivity index (χ1v) is 15.5. The van der Waals surface area contributed by atoms with Gasteiger partial charge in [-0.1, -0.05) is 53.4 Å². The Kier molecular flexibility index (Phi) is 8.19. The lowest BCUT2D eigenvalue weighted by molar-refractivity contribution is -0.132.